The molecule has 20 heavy (non-hydrogen) atoms. The summed E-state index contributed by atoms with van der Waals surface area (Å²) in [6.45, 7) is 8.74. The highest BCUT2D eigenvalue weighted by Crippen LogP contribution is 2.20. The summed E-state index contributed by atoms with van der Waals surface area (Å²) < 4.78 is 13.9. The zero-order chi connectivity index (χ0) is 15.3. The molecule has 0 aliphatic rings. The molecule has 1 aromatic carbocycles. The van der Waals surface area contributed by atoms with E-state index in [1.807, 2.05) is 27.7 Å². The van der Waals surface area contributed by atoms with Gasteiger partial charge in [0.25, 0.3) is 5.91 Å². The zero-order valence-corrected chi connectivity index (χ0v) is 12.7. The first-order valence-electron chi connectivity index (χ1n) is 7.20. The Labute approximate surface area is 120 Å². The zero-order valence-electron chi connectivity index (χ0n) is 12.7. The lowest BCUT2D eigenvalue weighted by Gasteiger charge is -2.32. The van der Waals surface area contributed by atoms with E-state index >= 15 is 0 Å². The normalized spacial score (nSPS) is 11.2. The Morgan fingerprint density at radius 2 is 1.90 bits per heavy atom. The molecule has 0 fully saturated rings. The molecule has 0 saturated carbocycles. The van der Waals surface area contributed by atoms with E-state index in [1.165, 1.54) is 12.1 Å². The minimum Gasteiger partial charge on any atom is -0.508 e. The van der Waals surface area contributed by atoms with Gasteiger partial charge in [0, 0.05) is 18.7 Å². The van der Waals surface area contributed by atoms with Crippen molar-refractivity contribution in [3.05, 3.63) is 29.6 Å². The molecule has 0 unspecified atom stereocenters. The van der Waals surface area contributed by atoms with Gasteiger partial charge in [-0.15, -0.1) is 0 Å². The van der Waals surface area contributed by atoms with E-state index in [-0.39, 0.29) is 23.3 Å². The predicted molar refractivity (Wildman–Crippen MR) is 78.3 cm³/mol. The van der Waals surface area contributed by atoms with Gasteiger partial charge in [0.2, 0.25) is 0 Å². The first-order chi connectivity index (χ1) is 9.40. The Balaban J connectivity index is 3.09. The number of hydrogen-bond acceptors (Lipinski definition) is 2. The molecule has 3 nitrogen and oxygen atoms in total. The van der Waals surface area contributed by atoms with Gasteiger partial charge in [0.15, 0.2) is 0 Å². The first kappa shape index (κ1) is 16.5. The molecular formula is C16H24FNO2. The van der Waals surface area contributed by atoms with Crippen LogP contribution < -0.4 is 0 Å². The molecule has 0 spiro atoms. The van der Waals surface area contributed by atoms with Gasteiger partial charge in [-0.3, -0.25) is 4.79 Å². The third-order valence-corrected chi connectivity index (χ3v) is 3.39. The minimum absolute atomic E-state index is 0.0235. The molecule has 1 aromatic rings. The van der Waals surface area contributed by atoms with Crippen molar-refractivity contribution >= 4 is 5.91 Å². The van der Waals surface area contributed by atoms with Crippen LogP contribution in [0.15, 0.2) is 18.2 Å². The molecular weight excluding hydrogens is 257 g/mol. The van der Waals surface area contributed by atoms with Crippen LogP contribution in [0, 0.1) is 11.7 Å². The van der Waals surface area contributed by atoms with Crippen molar-refractivity contribution < 1.29 is 14.3 Å². The topological polar surface area (TPSA) is 40.5 Å². The smallest absolute Gasteiger partial charge is 0.257 e. The van der Waals surface area contributed by atoms with Crippen molar-refractivity contribution in [3.63, 3.8) is 0 Å². The van der Waals surface area contributed by atoms with Crippen molar-refractivity contribution in [1.82, 2.24) is 4.90 Å². The van der Waals surface area contributed by atoms with Crippen molar-refractivity contribution in [2.45, 2.75) is 46.6 Å². The van der Waals surface area contributed by atoms with E-state index in [9.17, 15) is 14.3 Å². The molecule has 0 bridgehead atoms. The number of hydrogen-bond donors (Lipinski definition) is 1. The third kappa shape index (κ3) is 3.95. The van der Waals surface area contributed by atoms with Gasteiger partial charge in [-0.2, -0.15) is 0 Å². The number of carbonyl (C=O) groups excluding carboxylic acids is 1. The van der Waals surface area contributed by atoms with Gasteiger partial charge >= 0.3 is 0 Å². The Morgan fingerprint density at radius 3 is 2.35 bits per heavy atom. The lowest BCUT2D eigenvalue weighted by atomic mass is 10.0. The molecule has 4 heteroatoms. The molecule has 0 aromatic heterocycles. The third-order valence-electron chi connectivity index (χ3n) is 3.39. The quantitative estimate of drug-likeness (QED) is 0.861. The highest BCUT2D eigenvalue weighted by atomic mass is 19.1. The predicted octanol–water partition coefficient (Wildman–Crippen LogP) is 3.82. The van der Waals surface area contributed by atoms with Crippen LogP contribution in [0.5, 0.6) is 5.75 Å². The molecule has 1 N–H and O–H groups in total. The lowest BCUT2D eigenvalue weighted by Crippen LogP contribution is -2.42. The summed E-state index contributed by atoms with van der Waals surface area (Å²) in [7, 11) is 0. The Hall–Kier alpha value is -1.58. The maximum Gasteiger partial charge on any atom is 0.257 e. The summed E-state index contributed by atoms with van der Waals surface area (Å²) in [4.78, 5) is 14.3. The van der Waals surface area contributed by atoms with E-state index in [0.29, 0.717) is 12.5 Å². The van der Waals surface area contributed by atoms with E-state index in [0.717, 1.165) is 18.9 Å². The van der Waals surface area contributed by atoms with Gasteiger partial charge in [0.1, 0.15) is 11.6 Å². The minimum atomic E-state index is -0.672. The lowest BCUT2D eigenvalue weighted by molar-refractivity contribution is 0.0635. The first-order valence-corrected chi connectivity index (χ1v) is 7.20. The van der Waals surface area contributed by atoms with Crippen LogP contribution in [-0.4, -0.2) is 28.5 Å². The summed E-state index contributed by atoms with van der Waals surface area (Å²) in [5.41, 5.74) is 0.0235. The fourth-order valence-corrected chi connectivity index (χ4v) is 2.35. The molecule has 0 atom stereocenters. The highest BCUT2D eigenvalue weighted by Gasteiger charge is 2.25. The second-order valence-electron chi connectivity index (χ2n) is 5.49. The second kappa shape index (κ2) is 7.27. The van der Waals surface area contributed by atoms with Crippen molar-refractivity contribution in [2.24, 2.45) is 5.92 Å². The van der Waals surface area contributed by atoms with Crippen molar-refractivity contribution in [3.8, 4) is 5.75 Å². The van der Waals surface area contributed by atoms with Crippen LogP contribution in [0.2, 0.25) is 0 Å². The van der Waals surface area contributed by atoms with Crippen LogP contribution in [0.4, 0.5) is 4.39 Å². The van der Waals surface area contributed by atoms with Gasteiger partial charge in [-0.25, -0.2) is 4.39 Å². The molecule has 0 saturated heterocycles. The molecule has 0 heterocycles. The number of phenols is 1. The van der Waals surface area contributed by atoms with Gasteiger partial charge < -0.3 is 10.0 Å². The van der Waals surface area contributed by atoms with Crippen LogP contribution >= 0.6 is 0 Å². The van der Waals surface area contributed by atoms with Gasteiger partial charge in [0.05, 0.1) is 5.56 Å². The summed E-state index contributed by atoms with van der Waals surface area (Å²) in [5.74, 6) is -0.823. The van der Waals surface area contributed by atoms with E-state index in [2.05, 4.69) is 0 Å². The molecule has 0 aliphatic carbocycles. The molecule has 1 amide bonds. The number of aromatic hydroxyl groups is 1. The SMILES string of the molecule is CCC(CC)N(CC(C)C)C(=O)c1ccc(O)cc1F. The van der Waals surface area contributed by atoms with E-state index in [1.54, 1.807) is 4.90 Å². The average Bonchev–Trinajstić information content (AvgIpc) is 2.37. The maximum atomic E-state index is 13.9. The monoisotopic (exact) mass is 281 g/mol. The van der Waals surface area contributed by atoms with E-state index in [4.69, 9.17) is 0 Å². The van der Waals surface area contributed by atoms with Crippen LogP contribution in [0.3, 0.4) is 0 Å². The standard InChI is InChI=1S/C16H24FNO2/c1-5-12(6-2)18(10-11(3)4)16(20)14-8-7-13(19)9-15(14)17/h7-9,11-12,19H,5-6,10H2,1-4H3. The number of benzene rings is 1. The van der Waals surface area contributed by atoms with Crippen LogP contribution in [-0.2, 0) is 0 Å². The fraction of sp³-hybridized carbons (Fsp3) is 0.562. The van der Waals surface area contributed by atoms with E-state index < -0.39 is 5.82 Å². The van der Waals surface area contributed by atoms with Gasteiger partial charge in [-0.05, 0) is 30.9 Å². The summed E-state index contributed by atoms with van der Waals surface area (Å²) in [6, 6.07) is 3.78. The highest BCUT2D eigenvalue weighted by molar-refractivity contribution is 5.94. The van der Waals surface area contributed by atoms with Gasteiger partial charge in [-0.1, -0.05) is 27.7 Å². The van der Waals surface area contributed by atoms with Crippen LogP contribution in [0.1, 0.15) is 50.9 Å². The van der Waals surface area contributed by atoms with Crippen LogP contribution in [0.25, 0.3) is 0 Å². The number of nitrogens with zero attached hydrogens (tertiary/aromatic N) is 1. The maximum absolute atomic E-state index is 13.9. The summed E-state index contributed by atoms with van der Waals surface area (Å²) in [5, 5.41) is 9.24. The number of rotatable bonds is 6. The Kier molecular flexibility index (Phi) is 5.99. The number of carbonyl (C=O) groups is 1. The average molecular weight is 281 g/mol. The molecule has 0 radical (unpaired) electrons. The number of halogens is 1. The Morgan fingerprint density at radius 1 is 1.30 bits per heavy atom. The summed E-state index contributed by atoms with van der Waals surface area (Å²) in [6.07, 6.45) is 1.68. The van der Waals surface area contributed by atoms with Crippen molar-refractivity contribution in [2.75, 3.05) is 6.54 Å². The Bertz CT molecular complexity index is 456. The molecule has 1 rings (SSSR count). The number of amides is 1. The molecule has 0 aliphatic heterocycles. The molecule has 112 valence electrons. The largest absolute Gasteiger partial charge is 0.508 e. The second-order valence-corrected chi connectivity index (χ2v) is 5.49. The summed E-state index contributed by atoms with van der Waals surface area (Å²) >= 11 is 0. The fourth-order valence-electron chi connectivity index (χ4n) is 2.35. The van der Waals surface area contributed by atoms with Crippen molar-refractivity contribution in [1.29, 1.82) is 0 Å². The number of phenolic OH excluding ortho intramolecular Hbond substituents is 1.